The van der Waals surface area contributed by atoms with Crippen LogP contribution in [0.4, 0.5) is 0 Å². The number of rotatable bonds is 10. The molecule has 4 heteroatoms. The van der Waals surface area contributed by atoms with Crippen LogP contribution in [0, 0.1) is 0 Å². The predicted octanol–water partition coefficient (Wildman–Crippen LogP) is 12.2. The molecule has 0 aromatic heterocycles. The molecule has 0 saturated heterocycles. The molecule has 46 heavy (non-hydrogen) atoms. The van der Waals surface area contributed by atoms with Crippen molar-refractivity contribution in [2.45, 2.75) is 0 Å². The van der Waals surface area contributed by atoms with E-state index in [-0.39, 0.29) is 0 Å². The minimum atomic E-state index is 0.578. The van der Waals surface area contributed by atoms with Gasteiger partial charge in [0, 0.05) is 12.1 Å². The Kier molecular flexibility index (Phi) is 8.42. The molecule has 0 aliphatic rings. The summed E-state index contributed by atoms with van der Waals surface area (Å²) in [6.07, 6.45) is 0. The standard InChI is InChI=1S/C42H30O4/c1-3-13-31(14-4-1)32-15-9-16-33(27-32)34-17-10-20-36(28-34)44-38-22-12-24-40(30-38)46-42-26-8-7-25-41(42)45-39-23-11-21-37(29-39)43-35-18-5-2-6-19-35/h1-30H. The van der Waals surface area contributed by atoms with Gasteiger partial charge in [0.1, 0.15) is 34.5 Å². The SMILES string of the molecule is c1ccc(Oc2cccc(Oc3ccccc3Oc3cccc(Oc4cccc(-c5cccc(-c6ccccc6)c5)c4)c3)c2)cc1. The Morgan fingerprint density at radius 1 is 0.217 bits per heavy atom. The fourth-order valence-corrected chi connectivity index (χ4v) is 5.08. The number of benzene rings is 7. The van der Waals surface area contributed by atoms with Crippen LogP contribution in [-0.2, 0) is 0 Å². The van der Waals surface area contributed by atoms with Crippen molar-refractivity contribution in [3.63, 3.8) is 0 Å². The molecular formula is C42H30O4. The molecular weight excluding hydrogens is 568 g/mol. The van der Waals surface area contributed by atoms with Crippen molar-refractivity contribution in [1.82, 2.24) is 0 Å². The van der Waals surface area contributed by atoms with Crippen LogP contribution in [-0.4, -0.2) is 0 Å². The van der Waals surface area contributed by atoms with E-state index in [9.17, 15) is 0 Å². The molecule has 7 aromatic rings. The van der Waals surface area contributed by atoms with Gasteiger partial charge in [0.15, 0.2) is 11.5 Å². The van der Waals surface area contributed by atoms with Crippen molar-refractivity contribution in [2.24, 2.45) is 0 Å². The molecule has 0 saturated carbocycles. The highest BCUT2D eigenvalue weighted by Crippen LogP contribution is 2.37. The summed E-state index contributed by atoms with van der Waals surface area (Å²) >= 11 is 0. The lowest BCUT2D eigenvalue weighted by molar-refractivity contribution is 0.412. The summed E-state index contributed by atoms with van der Waals surface area (Å²) in [5.41, 5.74) is 4.56. The molecule has 0 unspecified atom stereocenters. The molecule has 0 radical (unpaired) electrons. The van der Waals surface area contributed by atoms with E-state index in [1.54, 1.807) is 0 Å². The second-order valence-corrected chi connectivity index (χ2v) is 10.6. The van der Waals surface area contributed by atoms with Crippen LogP contribution in [0.5, 0.6) is 46.0 Å². The van der Waals surface area contributed by atoms with Crippen molar-refractivity contribution < 1.29 is 18.9 Å². The third-order valence-corrected chi connectivity index (χ3v) is 7.27. The lowest BCUT2D eigenvalue weighted by Gasteiger charge is -2.14. The number of hydrogen-bond donors (Lipinski definition) is 0. The Balaban J connectivity index is 1.06. The minimum absolute atomic E-state index is 0.578. The van der Waals surface area contributed by atoms with Gasteiger partial charge in [0.2, 0.25) is 0 Å². The number of ether oxygens (including phenoxy) is 4. The lowest BCUT2D eigenvalue weighted by atomic mass is 9.99. The van der Waals surface area contributed by atoms with E-state index in [4.69, 9.17) is 18.9 Å². The van der Waals surface area contributed by atoms with Crippen molar-refractivity contribution >= 4 is 0 Å². The first-order valence-corrected chi connectivity index (χ1v) is 15.1. The molecule has 0 atom stereocenters. The average Bonchev–Trinajstić information content (AvgIpc) is 3.11. The van der Waals surface area contributed by atoms with E-state index in [1.807, 2.05) is 121 Å². The van der Waals surface area contributed by atoms with Crippen molar-refractivity contribution in [2.75, 3.05) is 0 Å². The normalized spacial score (nSPS) is 10.6. The number of para-hydroxylation sites is 3. The van der Waals surface area contributed by atoms with Gasteiger partial charge in [0.05, 0.1) is 0 Å². The first-order valence-electron chi connectivity index (χ1n) is 15.1. The van der Waals surface area contributed by atoms with E-state index >= 15 is 0 Å². The monoisotopic (exact) mass is 598 g/mol. The fourth-order valence-electron chi connectivity index (χ4n) is 5.08. The van der Waals surface area contributed by atoms with E-state index < -0.39 is 0 Å². The van der Waals surface area contributed by atoms with E-state index in [2.05, 4.69) is 60.7 Å². The largest absolute Gasteiger partial charge is 0.457 e. The van der Waals surface area contributed by atoms with Crippen molar-refractivity contribution in [3.05, 3.63) is 182 Å². The van der Waals surface area contributed by atoms with Crippen LogP contribution >= 0.6 is 0 Å². The molecule has 0 bridgehead atoms. The maximum atomic E-state index is 6.30. The highest BCUT2D eigenvalue weighted by atomic mass is 16.5. The summed E-state index contributed by atoms with van der Waals surface area (Å²) in [6, 6.07) is 59.4. The zero-order chi connectivity index (χ0) is 31.0. The highest BCUT2D eigenvalue weighted by Gasteiger charge is 2.10. The smallest absolute Gasteiger partial charge is 0.169 e. The van der Waals surface area contributed by atoms with Crippen molar-refractivity contribution in [3.8, 4) is 68.2 Å². The third kappa shape index (κ3) is 7.09. The van der Waals surface area contributed by atoms with Crippen molar-refractivity contribution in [1.29, 1.82) is 0 Å². The predicted molar refractivity (Wildman–Crippen MR) is 183 cm³/mol. The van der Waals surface area contributed by atoms with Crippen LogP contribution in [0.1, 0.15) is 0 Å². The van der Waals surface area contributed by atoms with Gasteiger partial charge >= 0.3 is 0 Å². The summed E-state index contributed by atoms with van der Waals surface area (Å²) in [6.45, 7) is 0. The highest BCUT2D eigenvalue weighted by molar-refractivity contribution is 5.73. The zero-order valence-corrected chi connectivity index (χ0v) is 25.0. The first kappa shape index (κ1) is 28.5. The minimum Gasteiger partial charge on any atom is -0.457 e. The summed E-state index contributed by atoms with van der Waals surface area (Å²) in [5.74, 6) is 5.26. The molecule has 222 valence electrons. The molecule has 0 heterocycles. The van der Waals surface area contributed by atoms with Gasteiger partial charge in [-0.05, 0) is 89.0 Å². The molecule has 7 rings (SSSR count). The average molecular weight is 599 g/mol. The van der Waals surface area contributed by atoms with E-state index in [0.717, 1.165) is 22.6 Å². The topological polar surface area (TPSA) is 36.9 Å². The second-order valence-electron chi connectivity index (χ2n) is 10.6. The van der Waals surface area contributed by atoms with Crippen LogP contribution < -0.4 is 18.9 Å². The van der Waals surface area contributed by atoms with Crippen LogP contribution in [0.2, 0.25) is 0 Å². The molecule has 0 aliphatic carbocycles. The summed E-state index contributed by atoms with van der Waals surface area (Å²) in [4.78, 5) is 0. The Morgan fingerprint density at radius 2 is 0.565 bits per heavy atom. The van der Waals surface area contributed by atoms with Gasteiger partial charge in [-0.3, -0.25) is 0 Å². The fraction of sp³-hybridized carbons (Fsp3) is 0. The Hall–Kier alpha value is -6.26. The first-order chi connectivity index (χ1) is 22.7. The maximum absolute atomic E-state index is 6.30. The van der Waals surface area contributed by atoms with Gasteiger partial charge in [-0.2, -0.15) is 0 Å². The van der Waals surface area contributed by atoms with Crippen LogP contribution in [0.15, 0.2) is 182 Å². The van der Waals surface area contributed by atoms with Crippen LogP contribution in [0.3, 0.4) is 0 Å². The lowest BCUT2D eigenvalue weighted by Crippen LogP contribution is -1.92. The van der Waals surface area contributed by atoms with Gasteiger partial charge < -0.3 is 18.9 Å². The van der Waals surface area contributed by atoms with E-state index in [0.29, 0.717) is 34.5 Å². The quantitative estimate of drug-likeness (QED) is 0.157. The molecule has 0 fully saturated rings. The maximum Gasteiger partial charge on any atom is 0.169 e. The second kappa shape index (κ2) is 13.6. The van der Waals surface area contributed by atoms with Gasteiger partial charge in [-0.25, -0.2) is 0 Å². The molecule has 7 aromatic carbocycles. The van der Waals surface area contributed by atoms with Gasteiger partial charge in [0.25, 0.3) is 0 Å². The van der Waals surface area contributed by atoms with Crippen LogP contribution in [0.25, 0.3) is 22.3 Å². The summed E-state index contributed by atoms with van der Waals surface area (Å²) < 4.78 is 24.8. The number of hydrogen-bond acceptors (Lipinski definition) is 4. The molecule has 4 nitrogen and oxygen atoms in total. The third-order valence-electron chi connectivity index (χ3n) is 7.27. The Labute approximate surface area is 268 Å². The summed E-state index contributed by atoms with van der Waals surface area (Å²) in [5, 5.41) is 0. The molecule has 0 N–H and O–H groups in total. The Bertz CT molecular complexity index is 2050. The Morgan fingerprint density at radius 3 is 1.15 bits per heavy atom. The zero-order valence-electron chi connectivity index (χ0n) is 25.0. The molecule has 0 aliphatic heterocycles. The van der Waals surface area contributed by atoms with E-state index in [1.165, 1.54) is 11.1 Å². The molecule has 0 amide bonds. The van der Waals surface area contributed by atoms with Gasteiger partial charge in [-0.15, -0.1) is 0 Å². The summed E-state index contributed by atoms with van der Waals surface area (Å²) in [7, 11) is 0. The van der Waals surface area contributed by atoms with Gasteiger partial charge in [-0.1, -0.05) is 103 Å². The molecule has 0 spiro atoms.